The van der Waals surface area contributed by atoms with E-state index in [1.807, 2.05) is 6.20 Å². The summed E-state index contributed by atoms with van der Waals surface area (Å²) < 4.78 is 1.54. The van der Waals surface area contributed by atoms with Crippen LogP contribution in [0.25, 0.3) is 5.65 Å². The maximum Gasteiger partial charge on any atom is 0.272 e. The first-order valence-corrected chi connectivity index (χ1v) is 6.08. The second kappa shape index (κ2) is 3.22. The molecule has 1 saturated carbocycles. The Balaban J connectivity index is 2.29. The Kier molecular flexibility index (Phi) is 2.00. The summed E-state index contributed by atoms with van der Waals surface area (Å²) in [7, 11) is 0. The number of hydrogen-bond donors (Lipinski definition) is 1. The van der Waals surface area contributed by atoms with Gasteiger partial charge in [-0.05, 0) is 18.8 Å². The number of nitrogens with one attached hydrogen (secondary N) is 1. The third-order valence-corrected chi connectivity index (χ3v) is 3.31. The summed E-state index contributed by atoms with van der Waals surface area (Å²) in [5.74, 6) is 0.596. The Morgan fingerprint density at radius 1 is 1.41 bits per heavy atom. The number of hydrogen-bond acceptors (Lipinski definition) is 2. The van der Waals surface area contributed by atoms with E-state index in [0.717, 1.165) is 11.3 Å². The van der Waals surface area contributed by atoms with Gasteiger partial charge in [0.15, 0.2) is 5.65 Å². The normalized spacial score (nSPS) is 16.6. The van der Waals surface area contributed by atoms with Crippen molar-refractivity contribution in [2.75, 3.05) is 0 Å². The predicted molar refractivity (Wildman–Crippen MR) is 66.5 cm³/mol. The molecule has 0 saturated heterocycles. The molecule has 0 radical (unpaired) electrons. The van der Waals surface area contributed by atoms with Gasteiger partial charge in [-0.15, -0.1) is 0 Å². The summed E-state index contributed by atoms with van der Waals surface area (Å²) >= 11 is 0. The van der Waals surface area contributed by atoms with Crippen LogP contribution >= 0.6 is 0 Å². The molecule has 1 aliphatic carbocycles. The SMILES string of the molecule is CC(C)(C)c1cc(=O)n2[nH]cc(C3CC3)c2n1. The van der Waals surface area contributed by atoms with Gasteiger partial charge in [0.25, 0.3) is 5.56 Å². The molecule has 3 rings (SSSR count). The van der Waals surface area contributed by atoms with Gasteiger partial charge >= 0.3 is 0 Å². The quantitative estimate of drug-likeness (QED) is 0.818. The van der Waals surface area contributed by atoms with Gasteiger partial charge in [0.2, 0.25) is 0 Å². The van der Waals surface area contributed by atoms with Crippen molar-refractivity contribution in [1.29, 1.82) is 0 Å². The Hall–Kier alpha value is -1.58. The first kappa shape index (κ1) is 10.6. The van der Waals surface area contributed by atoms with Gasteiger partial charge < -0.3 is 0 Å². The second-order valence-corrected chi connectivity index (χ2v) is 5.89. The molecule has 17 heavy (non-hydrogen) atoms. The molecule has 0 unspecified atom stereocenters. The average molecular weight is 231 g/mol. The van der Waals surface area contributed by atoms with Crippen molar-refractivity contribution in [2.45, 2.75) is 44.9 Å². The lowest BCUT2D eigenvalue weighted by molar-refractivity contribution is 0.566. The van der Waals surface area contributed by atoms with Crippen LogP contribution in [0.2, 0.25) is 0 Å². The minimum Gasteiger partial charge on any atom is -0.297 e. The molecule has 2 aromatic rings. The summed E-state index contributed by atoms with van der Waals surface area (Å²) in [5.41, 5.74) is 2.75. The van der Waals surface area contributed by atoms with Crippen molar-refractivity contribution >= 4 is 5.65 Å². The maximum atomic E-state index is 12.0. The molecule has 4 heteroatoms. The third-order valence-electron chi connectivity index (χ3n) is 3.31. The first-order valence-electron chi connectivity index (χ1n) is 6.08. The molecule has 2 heterocycles. The summed E-state index contributed by atoms with van der Waals surface area (Å²) in [6, 6.07) is 1.63. The highest BCUT2D eigenvalue weighted by Crippen LogP contribution is 2.41. The Bertz CT molecular complexity index is 626. The van der Waals surface area contributed by atoms with E-state index < -0.39 is 0 Å². The van der Waals surface area contributed by atoms with Gasteiger partial charge in [0.05, 0.1) is 5.69 Å². The van der Waals surface area contributed by atoms with Crippen LogP contribution in [0.15, 0.2) is 17.1 Å². The monoisotopic (exact) mass is 231 g/mol. The van der Waals surface area contributed by atoms with Gasteiger partial charge in [0, 0.05) is 23.2 Å². The minimum atomic E-state index is -0.0913. The van der Waals surface area contributed by atoms with Crippen LogP contribution in [0, 0.1) is 0 Å². The minimum absolute atomic E-state index is 0.0215. The third kappa shape index (κ3) is 1.68. The lowest BCUT2D eigenvalue weighted by Crippen LogP contribution is -2.22. The van der Waals surface area contributed by atoms with Gasteiger partial charge in [-0.1, -0.05) is 20.8 Å². The topological polar surface area (TPSA) is 50.2 Å². The van der Waals surface area contributed by atoms with Crippen LogP contribution in [0.5, 0.6) is 0 Å². The molecule has 4 nitrogen and oxygen atoms in total. The molecule has 2 aromatic heterocycles. The first-order chi connectivity index (χ1) is 7.97. The summed E-state index contributed by atoms with van der Waals surface area (Å²) in [5, 5.41) is 3.00. The number of rotatable bonds is 1. The number of aromatic nitrogens is 3. The van der Waals surface area contributed by atoms with E-state index in [0.29, 0.717) is 5.92 Å². The van der Waals surface area contributed by atoms with E-state index in [-0.39, 0.29) is 11.0 Å². The maximum absolute atomic E-state index is 12.0. The van der Waals surface area contributed by atoms with E-state index in [9.17, 15) is 4.79 Å². The molecule has 90 valence electrons. The zero-order valence-corrected chi connectivity index (χ0v) is 10.4. The highest BCUT2D eigenvalue weighted by atomic mass is 16.1. The second-order valence-electron chi connectivity index (χ2n) is 5.89. The Labute approximate surface area is 99.7 Å². The van der Waals surface area contributed by atoms with E-state index in [2.05, 4.69) is 30.9 Å². The van der Waals surface area contributed by atoms with Crippen LogP contribution in [0.1, 0.15) is 50.8 Å². The van der Waals surface area contributed by atoms with Crippen molar-refractivity contribution in [3.05, 3.63) is 33.9 Å². The molecular formula is C13H17N3O. The molecule has 0 aromatic carbocycles. The van der Waals surface area contributed by atoms with E-state index in [1.165, 1.54) is 18.4 Å². The molecule has 1 aliphatic rings. The molecule has 0 amide bonds. The van der Waals surface area contributed by atoms with Crippen LogP contribution in [0.4, 0.5) is 0 Å². The van der Waals surface area contributed by atoms with Crippen LogP contribution < -0.4 is 5.56 Å². The lowest BCUT2D eigenvalue weighted by atomic mass is 9.92. The largest absolute Gasteiger partial charge is 0.297 e. The molecule has 0 bridgehead atoms. The zero-order valence-electron chi connectivity index (χ0n) is 10.4. The molecule has 1 N–H and O–H groups in total. The average Bonchev–Trinajstić information content (AvgIpc) is 2.97. The van der Waals surface area contributed by atoms with Gasteiger partial charge in [-0.2, -0.15) is 0 Å². The number of H-pyrrole nitrogens is 1. The van der Waals surface area contributed by atoms with Crippen LogP contribution in [-0.2, 0) is 5.41 Å². The molecule has 0 aliphatic heterocycles. The lowest BCUT2D eigenvalue weighted by Gasteiger charge is -2.17. The summed E-state index contributed by atoms with van der Waals surface area (Å²) in [6.07, 6.45) is 4.35. The fourth-order valence-electron chi connectivity index (χ4n) is 2.08. The highest BCUT2D eigenvalue weighted by molar-refractivity contribution is 5.50. The number of aromatic amines is 1. The molecule has 0 atom stereocenters. The molecule has 0 spiro atoms. The zero-order chi connectivity index (χ0) is 12.2. The Morgan fingerprint density at radius 3 is 2.71 bits per heavy atom. The van der Waals surface area contributed by atoms with Crippen LogP contribution in [0.3, 0.4) is 0 Å². The van der Waals surface area contributed by atoms with Gasteiger partial charge in [-0.25, -0.2) is 9.50 Å². The van der Waals surface area contributed by atoms with E-state index >= 15 is 0 Å². The molecular weight excluding hydrogens is 214 g/mol. The van der Waals surface area contributed by atoms with Crippen molar-refractivity contribution in [3.8, 4) is 0 Å². The Morgan fingerprint density at radius 2 is 2.12 bits per heavy atom. The number of nitrogens with zero attached hydrogens (tertiary/aromatic N) is 2. The molecule has 1 fully saturated rings. The standard InChI is InChI=1S/C13H17N3O/c1-13(2,3)10-6-11(17)16-12(15-10)9(7-14-16)8-4-5-8/h6-8,14H,4-5H2,1-3H3. The van der Waals surface area contributed by atoms with Crippen molar-refractivity contribution in [3.63, 3.8) is 0 Å². The fraction of sp³-hybridized carbons (Fsp3) is 0.538. The van der Waals surface area contributed by atoms with E-state index in [1.54, 1.807) is 10.6 Å². The van der Waals surface area contributed by atoms with Crippen molar-refractivity contribution in [2.24, 2.45) is 0 Å². The fourth-order valence-corrected chi connectivity index (χ4v) is 2.08. The predicted octanol–water partition coefficient (Wildman–Crippen LogP) is 2.20. The summed E-state index contributed by atoms with van der Waals surface area (Å²) in [4.78, 5) is 16.7. The van der Waals surface area contributed by atoms with Crippen LogP contribution in [-0.4, -0.2) is 14.6 Å². The van der Waals surface area contributed by atoms with Crippen molar-refractivity contribution in [1.82, 2.24) is 14.6 Å². The van der Waals surface area contributed by atoms with Gasteiger partial charge in [-0.3, -0.25) is 9.89 Å². The van der Waals surface area contributed by atoms with Crippen molar-refractivity contribution < 1.29 is 0 Å². The number of fused-ring (bicyclic) bond motifs is 1. The summed E-state index contributed by atoms with van der Waals surface area (Å²) in [6.45, 7) is 6.23. The van der Waals surface area contributed by atoms with E-state index in [4.69, 9.17) is 0 Å². The smallest absolute Gasteiger partial charge is 0.272 e. The van der Waals surface area contributed by atoms with Gasteiger partial charge in [0.1, 0.15) is 0 Å². The highest BCUT2D eigenvalue weighted by Gasteiger charge is 2.28.